The number of hydrogen-bond acceptors (Lipinski definition) is 4. The maximum absolute atomic E-state index is 12.6. The van der Waals surface area contributed by atoms with E-state index in [4.69, 9.17) is 5.26 Å². The Labute approximate surface area is 156 Å². The molecule has 0 amide bonds. The summed E-state index contributed by atoms with van der Waals surface area (Å²) in [4.78, 5) is 23.9. The molecule has 6 heteroatoms. The summed E-state index contributed by atoms with van der Waals surface area (Å²) < 4.78 is 7.81. The van der Waals surface area contributed by atoms with E-state index < -0.39 is 0 Å². The van der Waals surface area contributed by atoms with E-state index in [0.29, 0.717) is 18.4 Å². The van der Waals surface area contributed by atoms with Gasteiger partial charge in [-0.25, -0.2) is 4.79 Å². The molecule has 0 atom stereocenters. The Hall–Kier alpha value is -3.59. The summed E-state index contributed by atoms with van der Waals surface area (Å²) >= 11 is 0. The van der Waals surface area contributed by atoms with Crippen molar-refractivity contribution in [1.29, 1.82) is 5.26 Å². The lowest BCUT2D eigenvalue weighted by molar-refractivity contribution is -0.140. The fourth-order valence-electron chi connectivity index (χ4n) is 2.87. The molecule has 0 N–H and O–H groups in total. The number of aryl methyl sites for hydroxylation is 1. The standard InChI is InChI=1S/C21H19N3O3/c1-23-19(17-8-3-16(13-22)4-9-17)14-24(21(23)26)18-10-5-15(6-11-18)7-12-20(25)27-2/h3-6,8-11,14H,7,12H2,1-2H3. The summed E-state index contributed by atoms with van der Waals surface area (Å²) in [6.45, 7) is 0. The first kappa shape index (κ1) is 18.2. The molecule has 0 radical (unpaired) electrons. The van der Waals surface area contributed by atoms with Gasteiger partial charge in [0.25, 0.3) is 0 Å². The van der Waals surface area contributed by atoms with Gasteiger partial charge in [0.15, 0.2) is 0 Å². The summed E-state index contributed by atoms with van der Waals surface area (Å²) in [7, 11) is 3.09. The van der Waals surface area contributed by atoms with Gasteiger partial charge in [-0.2, -0.15) is 5.26 Å². The predicted molar refractivity (Wildman–Crippen MR) is 101 cm³/mol. The van der Waals surface area contributed by atoms with E-state index in [0.717, 1.165) is 22.5 Å². The quantitative estimate of drug-likeness (QED) is 0.655. The van der Waals surface area contributed by atoms with Crippen LogP contribution in [0.2, 0.25) is 0 Å². The number of carbonyl (C=O) groups excluding carboxylic acids is 1. The van der Waals surface area contributed by atoms with E-state index in [1.807, 2.05) is 36.4 Å². The van der Waals surface area contributed by atoms with Gasteiger partial charge in [0, 0.05) is 19.7 Å². The predicted octanol–water partition coefficient (Wildman–Crippen LogP) is 2.82. The summed E-state index contributed by atoms with van der Waals surface area (Å²) in [6.07, 6.45) is 2.70. The van der Waals surface area contributed by atoms with Gasteiger partial charge < -0.3 is 4.74 Å². The number of aromatic nitrogens is 2. The number of carbonyl (C=O) groups is 1. The SMILES string of the molecule is COC(=O)CCc1ccc(-n2cc(-c3ccc(C#N)cc3)n(C)c2=O)cc1. The summed E-state index contributed by atoms with van der Waals surface area (Å²) in [5, 5.41) is 8.92. The summed E-state index contributed by atoms with van der Waals surface area (Å²) in [5.74, 6) is -0.245. The van der Waals surface area contributed by atoms with Crippen LogP contribution >= 0.6 is 0 Å². The van der Waals surface area contributed by atoms with Gasteiger partial charge in [-0.05, 0) is 41.8 Å². The molecule has 0 aliphatic heterocycles. The zero-order valence-corrected chi connectivity index (χ0v) is 15.2. The number of nitriles is 1. The third kappa shape index (κ3) is 3.82. The molecule has 0 fully saturated rings. The molecule has 136 valence electrons. The minimum atomic E-state index is -0.245. The normalized spacial score (nSPS) is 10.4. The molecule has 0 bridgehead atoms. The molecule has 0 spiro atoms. The Kier molecular flexibility index (Phi) is 5.23. The Balaban J connectivity index is 1.88. The lowest BCUT2D eigenvalue weighted by Crippen LogP contribution is -2.20. The van der Waals surface area contributed by atoms with E-state index in [2.05, 4.69) is 10.8 Å². The van der Waals surface area contributed by atoms with Crippen LogP contribution in [0.3, 0.4) is 0 Å². The monoisotopic (exact) mass is 361 g/mol. The summed E-state index contributed by atoms with van der Waals surface area (Å²) in [6, 6.07) is 16.7. The van der Waals surface area contributed by atoms with Gasteiger partial charge in [-0.3, -0.25) is 13.9 Å². The Morgan fingerprint density at radius 1 is 1.11 bits per heavy atom. The largest absolute Gasteiger partial charge is 0.469 e. The second-order valence-corrected chi connectivity index (χ2v) is 6.16. The highest BCUT2D eigenvalue weighted by Gasteiger charge is 2.12. The fourth-order valence-corrected chi connectivity index (χ4v) is 2.87. The number of imidazole rings is 1. The highest BCUT2D eigenvalue weighted by molar-refractivity contribution is 5.69. The minimum absolute atomic E-state index is 0.156. The van der Waals surface area contributed by atoms with Crippen LogP contribution in [0.15, 0.2) is 59.5 Å². The number of rotatable bonds is 5. The fraction of sp³-hybridized carbons (Fsp3) is 0.190. The molecule has 27 heavy (non-hydrogen) atoms. The van der Waals surface area contributed by atoms with Gasteiger partial charge in [-0.15, -0.1) is 0 Å². The van der Waals surface area contributed by atoms with E-state index in [9.17, 15) is 9.59 Å². The molecule has 3 rings (SSSR count). The Bertz CT molecular complexity index is 1050. The second kappa shape index (κ2) is 7.75. The first-order valence-corrected chi connectivity index (χ1v) is 8.48. The third-order valence-electron chi connectivity index (χ3n) is 4.48. The van der Waals surface area contributed by atoms with Gasteiger partial charge in [0.1, 0.15) is 0 Å². The zero-order chi connectivity index (χ0) is 19.4. The van der Waals surface area contributed by atoms with Gasteiger partial charge in [-0.1, -0.05) is 24.3 Å². The van der Waals surface area contributed by atoms with Crippen molar-refractivity contribution < 1.29 is 9.53 Å². The lowest BCUT2D eigenvalue weighted by Gasteiger charge is -2.04. The van der Waals surface area contributed by atoms with E-state index in [1.165, 1.54) is 7.11 Å². The van der Waals surface area contributed by atoms with Crippen molar-refractivity contribution in [2.24, 2.45) is 7.05 Å². The van der Waals surface area contributed by atoms with E-state index in [1.54, 1.807) is 34.5 Å². The molecule has 1 aromatic heterocycles. The van der Waals surface area contributed by atoms with Crippen molar-refractivity contribution >= 4 is 5.97 Å². The number of methoxy groups -OCH3 is 1. The second-order valence-electron chi connectivity index (χ2n) is 6.16. The zero-order valence-electron chi connectivity index (χ0n) is 15.2. The average molecular weight is 361 g/mol. The van der Waals surface area contributed by atoms with Crippen LogP contribution in [-0.4, -0.2) is 22.2 Å². The lowest BCUT2D eigenvalue weighted by atomic mass is 10.1. The van der Waals surface area contributed by atoms with Crippen molar-refractivity contribution in [2.45, 2.75) is 12.8 Å². The highest BCUT2D eigenvalue weighted by atomic mass is 16.5. The number of ether oxygens (including phenoxy) is 1. The average Bonchev–Trinajstić information content (AvgIpc) is 3.01. The van der Waals surface area contributed by atoms with Crippen molar-refractivity contribution in [3.05, 3.63) is 76.3 Å². The third-order valence-corrected chi connectivity index (χ3v) is 4.48. The number of esters is 1. The van der Waals surface area contributed by atoms with Gasteiger partial charge in [0.05, 0.1) is 30.1 Å². The Morgan fingerprint density at radius 3 is 2.37 bits per heavy atom. The maximum atomic E-state index is 12.6. The van der Waals surface area contributed by atoms with Crippen LogP contribution < -0.4 is 5.69 Å². The van der Waals surface area contributed by atoms with Crippen LogP contribution in [0, 0.1) is 11.3 Å². The maximum Gasteiger partial charge on any atom is 0.332 e. The molecule has 2 aromatic carbocycles. The molecule has 3 aromatic rings. The molecule has 6 nitrogen and oxygen atoms in total. The van der Waals surface area contributed by atoms with Crippen LogP contribution in [0.4, 0.5) is 0 Å². The van der Waals surface area contributed by atoms with Crippen molar-refractivity contribution in [1.82, 2.24) is 9.13 Å². The van der Waals surface area contributed by atoms with Crippen LogP contribution in [0.25, 0.3) is 16.9 Å². The molecule has 0 aliphatic carbocycles. The number of nitrogens with zero attached hydrogens (tertiary/aromatic N) is 3. The van der Waals surface area contributed by atoms with Crippen molar-refractivity contribution in [2.75, 3.05) is 7.11 Å². The highest BCUT2D eigenvalue weighted by Crippen LogP contribution is 2.20. The van der Waals surface area contributed by atoms with Gasteiger partial charge >= 0.3 is 11.7 Å². The topological polar surface area (TPSA) is 77.0 Å². The van der Waals surface area contributed by atoms with Crippen LogP contribution in [-0.2, 0) is 23.0 Å². The van der Waals surface area contributed by atoms with Crippen molar-refractivity contribution in [3.63, 3.8) is 0 Å². The van der Waals surface area contributed by atoms with Crippen LogP contribution in [0.5, 0.6) is 0 Å². The molecule has 0 saturated carbocycles. The molecule has 1 heterocycles. The number of hydrogen-bond donors (Lipinski definition) is 0. The Morgan fingerprint density at radius 2 is 1.78 bits per heavy atom. The van der Waals surface area contributed by atoms with E-state index >= 15 is 0 Å². The smallest absolute Gasteiger partial charge is 0.332 e. The first-order valence-electron chi connectivity index (χ1n) is 8.48. The molecule has 0 aliphatic rings. The van der Waals surface area contributed by atoms with Gasteiger partial charge in [0.2, 0.25) is 0 Å². The first-order chi connectivity index (χ1) is 13.0. The minimum Gasteiger partial charge on any atom is -0.469 e. The number of benzene rings is 2. The van der Waals surface area contributed by atoms with Crippen molar-refractivity contribution in [3.8, 4) is 23.0 Å². The molecular weight excluding hydrogens is 342 g/mol. The van der Waals surface area contributed by atoms with E-state index in [-0.39, 0.29) is 11.7 Å². The van der Waals surface area contributed by atoms with Crippen LogP contribution in [0.1, 0.15) is 17.5 Å². The molecule has 0 unspecified atom stereocenters. The molecular formula is C21H19N3O3. The molecule has 0 saturated heterocycles. The summed E-state index contributed by atoms with van der Waals surface area (Å²) in [5.41, 5.74) is 3.79.